The molecular weight excluding hydrogens is 354 g/mol. The molecule has 1 amide bonds. The van der Waals surface area contributed by atoms with Gasteiger partial charge in [0.15, 0.2) is 0 Å². The quantitative estimate of drug-likeness (QED) is 0.572. The van der Waals surface area contributed by atoms with Crippen molar-refractivity contribution in [1.29, 1.82) is 0 Å². The lowest BCUT2D eigenvalue weighted by Crippen LogP contribution is -2.37. The highest BCUT2D eigenvalue weighted by Gasteiger charge is 2.25. The predicted octanol–water partition coefficient (Wildman–Crippen LogP) is 2.72. The number of carbonyl (C=O) groups is 1. The van der Waals surface area contributed by atoms with Gasteiger partial charge in [-0.15, -0.1) is 0 Å². The Morgan fingerprint density at radius 1 is 1.32 bits per heavy atom. The van der Waals surface area contributed by atoms with E-state index in [1.807, 2.05) is 18.2 Å². The van der Waals surface area contributed by atoms with Crippen molar-refractivity contribution in [2.24, 2.45) is 0 Å². The molecule has 28 heavy (non-hydrogen) atoms. The van der Waals surface area contributed by atoms with Gasteiger partial charge in [0.25, 0.3) is 5.91 Å². The average molecular weight is 379 g/mol. The number of benzene rings is 2. The summed E-state index contributed by atoms with van der Waals surface area (Å²) in [5.74, 6) is 0.642. The van der Waals surface area contributed by atoms with Gasteiger partial charge in [0, 0.05) is 12.2 Å². The maximum absolute atomic E-state index is 12.8. The Kier molecular flexibility index (Phi) is 5.16. The highest BCUT2D eigenvalue weighted by molar-refractivity contribution is 6.02. The maximum atomic E-state index is 12.8. The molecule has 2 heterocycles. The van der Waals surface area contributed by atoms with Crippen LogP contribution in [0.5, 0.6) is 5.75 Å². The van der Waals surface area contributed by atoms with Gasteiger partial charge in [-0.25, -0.2) is 4.98 Å². The van der Waals surface area contributed by atoms with Gasteiger partial charge in [-0.05, 0) is 55.8 Å². The number of nitrogens with zero attached hydrogens (tertiary/aromatic N) is 2. The Hall–Kier alpha value is -3.06. The standard InChI is InChI=1S/C21H25N5O2/c1-28-15-6-4-5-14(9-15)20(26-7-2-3-8-26)12-23-21(27)16-10-18-19(11-17(16)22)25-13-24-18/h4-6,9-11,13,20H,2-3,7-8,12,22H2,1H3,(H,23,27)(H,24,25). The van der Waals surface area contributed by atoms with Gasteiger partial charge in [-0.2, -0.15) is 0 Å². The van der Waals surface area contributed by atoms with E-state index in [0.717, 1.165) is 35.4 Å². The van der Waals surface area contributed by atoms with Crippen LogP contribution in [0.25, 0.3) is 11.0 Å². The number of H-pyrrole nitrogens is 1. The van der Waals surface area contributed by atoms with Crippen molar-refractivity contribution in [2.75, 3.05) is 32.5 Å². The Labute approximate surface area is 163 Å². The van der Waals surface area contributed by atoms with Crippen LogP contribution < -0.4 is 15.8 Å². The van der Waals surface area contributed by atoms with Crippen molar-refractivity contribution in [3.63, 3.8) is 0 Å². The molecule has 1 saturated heterocycles. The number of nitrogens with two attached hydrogens (primary N) is 1. The fourth-order valence-electron chi connectivity index (χ4n) is 3.84. The van der Waals surface area contributed by atoms with Crippen LogP contribution in [-0.4, -0.2) is 47.5 Å². The molecule has 1 atom stereocenters. The number of nitrogens with one attached hydrogen (secondary N) is 2. The van der Waals surface area contributed by atoms with Crippen molar-refractivity contribution >= 4 is 22.6 Å². The van der Waals surface area contributed by atoms with Crippen LogP contribution in [0.1, 0.15) is 34.8 Å². The minimum atomic E-state index is -0.180. The monoisotopic (exact) mass is 379 g/mol. The van der Waals surface area contributed by atoms with Crippen LogP contribution >= 0.6 is 0 Å². The molecule has 2 aromatic carbocycles. The van der Waals surface area contributed by atoms with Gasteiger partial charge >= 0.3 is 0 Å². The van der Waals surface area contributed by atoms with E-state index in [2.05, 4.69) is 26.3 Å². The number of imidazole rings is 1. The van der Waals surface area contributed by atoms with Gasteiger partial charge in [0.05, 0.1) is 36.1 Å². The number of hydrogen-bond donors (Lipinski definition) is 3. The van der Waals surface area contributed by atoms with Crippen molar-refractivity contribution in [2.45, 2.75) is 18.9 Å². The Morgan fingerprint density at radius 3 is 2.93 bits per heavy atom. The Morgan fingerprint density at radius 2 is 2.14 bits per heavy atom. The fraction of sp³-hybridized carbons (Fsp3) is 0.333. The fourth-order valence-corrected chi connectivity index (χ4v) is 3.84. The summed E-state index contributed by atoms with van der Waals surface area (Å²) in [5, 5.41) is 3.07. The van der Waals surface area contributed by atoms with Gasteiger partial charge in [0.2, 0.25) is 0 Å². The second kappa shape index (κ2) is 7.90. The van der Waals surface area contributed by atoms with E-state index in [1.165, 1.54) is 12.8 Å². The second-order valence-electron chi connectivity index (χ2n) is 7.10. The first kappa shape index (κ1) is 18.3. The predicted molar refractivity (Wildman–Crippen MR) is 109 cm³/mol. The van der Waals surface area contributed by atoms with Crippen LogP contribution in [0, 0.1) is 0 Å². The van der Waals surface area contributed by atoms with Gasteiger partial charge < -0.3 is 20.8 Å². The molecule has 146 valence electrons. The number of amides is 1. The summed E-state index contributed by atoms with van der Waals surface area (Å²) in [7, 11) is 1.67. The molecule has 1 aliphatic heterocycles. The topological polar surface area (TPSA) is 96.3 Å². The number of methoxy groups -OCH3 is 1. The largest absolute Gasteiger partial charge is 0.497 e. The average Bonchev–Trinajstić information content (AvgIpc) is 3.39. The number of aromatic amines is 1. The molecule has 0 bridgehead atoms. The summed E-state index contributed by atoms with van der Waals surface area (Å²) in [6.45, 7) is 2.56. The zero-order chi connectivity index (χ0) is 19.5. The Balaban J connectivity index is 1.54. The van der Waals surface area contributed by atoms with E-state index in [-0.39, 0.29) is 11.9 Å². The maximum Gasteiger partial charge on any atom is 0.253 e. The summed E-state index contributed by atoms with van der Waals surface area (Å²) < 4.78 is 5.38. The Bertz CT molecular complexity index is 978. The van der Waals surface area contributed by atoms with Gasteiger partial charge in [0.1, 0.15) is 5.75 Å². The molecule has 7 nitrogen and oxygen atoms in total. The molecule has 0 radical (unpaired) electrons. The van der Waals surface area contributed by atoms with Crippen LogP contribution in [0.2, 0.25) is 0 Å². The van der Waals surface area contributed by atoms with Crippen molar-refractivity contribution in [3.05, 3.63) is 53.9 Å². The third-order valence-corrected chi connectivity index (χ3v) is 5.35. The lowest BCUT2D eigenvalue weighted by molar-refractivity contribution is 0.0939. The summed E-state index contributed by atoms with van der Waals surface area (Å²) in [6.07, 6.45) is 3.95. The molecule has 0 saturated carbocycles. The molecule has 1 aliphatic rings. The SMILES string of the molecule is COc1cccc(C(CNC(=O)c2cc3[nH]cnc3cc2N)N2CCCC2)c1. The zero-order valence-corrected chi connectivity index (χ0v) is 15.9. The van der Waals surface area contributed by atoms with Crippen molar-refractivity contribution in [3.8, 4) is 5.75 Å². The first-order valence-electron chi connectivity index (χ1n) is 9.54. The molecule has 1 fully saturated rings. The number of rotatable bonds is 6. The molecule has 0 spiro atoms. The number of hydrogen-bond acceptors (Lipinski definition) is 5. The van der Waals surface area contributed by atoms with E-state index in [9.17, 15) is 4.79 Å². The van der Waals surface area contributed by atoms with E-state index < -0.39 is 0 Å². The van der Waals surface area contributed by atoms with Crippen molar-refractivity contribution < 1.29 is 9.53 Å². The molecule has 3 aromatic rings. The molecular formula is C21H25N5O2. The molecule has 4 N–H and O–H groups in total. The highest BCUT2D eigenvalue weighted by Crippen LogP contribution is 2.27. The van der Waals surface area contributed by atoms with Gasteiger partial charge in [-0.1, -0.05) is 12.1 Å². The van der Waals surface area contributed by atoms with Crippen LogP contribution in [0.15, 0.2) is 42.7 Å². The number of carbonyl (C=O) groups excluding carboxylic acids is 1. The van der Waals surface area contributed by atoms with E-state index in [1.54, 1.807) is 25.6 Å². The number of nitrogen functional groups attached to an aromatic ring is 1. The first-order chi connectivity index (χ1) is 13.7. The van der Waals surface area contributed by atoms with E-state index in [4.69, 9.17) is 10.5 Å². The number of aromatic nitrogens is 2. The summed E-state index contributed by atoms with van der Waals surface area (Å²) in [5.41, 5.74) is 9.65. The lowest BCUT2D eigenvalue weighted by Gasteiger charge is -2.28. The molecule has 1 aromatic heterocycles. The smallest absolute Gasteiger partial charge is 0.253 e. The minimum absolute atomic E-state index is 0.0960. The molecule has 4 rings (SSSR count). The minimum Gasteiger partial charge on any atom is -0.497 e. The zero-order valence-electron chi connectivity index (χ0n) is 15.9. The summed E-state index contributed by atoms with van der Waals surface area (Å²) in [6, 6.07) is 11.6. The van der Waals surface area contributed by atoms with Crippen molar-refractivity contribution in [1.82, 2.24) is 20.2 Å². The number of likely N-dealkylation sites (tertiary alicyclic amines) is 1. The van der Waals surface area contributed by atoms with Crippen LogP contribution in [0.4, 0.5) is 5.69 Å². The number of fused-ring (bicyclic) bond motifs is 1. The summed E-state index contributed by atoms with van der Waals surface area (Å²) >= 11 is 0. The van der Waals surface area contributed by atoms with Crippen LogP contribution in [0.3, 0.4) is 0 Å². The normalized spacial score (nSPS) is 15.6. The summed E-state index contributed by atoms with van der Waals surface area (Å²) in [4.78, 5) is 22.4. The first-order valence-corrected chi connectivity index (χ1v) is 9.54. The lowest BCUT2D eigenvalue weighted by atomic mass is 10.0. The third-order valence-electron chi connectivity index (χ3n) is 5.35. The third kappa shape index (κ3) is 3.66. The molecule has 1 unspecified atom stereocenters. The van der Waals surface area contributed by atoms with E-state index in [0.29, 0.717) is 17.8 Å². The molecule has 0 aliphatic carbocycles. The van der Waals surface area contributed by atoms with Crippen LogP contribution in [-0.2, 0) is 0 Å². The van der Waals surface area contributed by atoms with E-state index >= 15 is 0 Å². The van der Waals surface area contributed by atoms with Gasteiger partial charge in [-0.3, -0.25) is 9.69 Å². The number of ether oxygens (including phenoxy) is 1. The highest BCUT2D eigenvalue weighted by atomic mass is 16.5. The molecule has 7 heteroatoms. The number of anilines is 1. The second-order valence-corrected chi connectivity index (χ2v) is 7.10.